The topological polar surface area (TPSA) is 129 Å². The Morgan fingerprint density at radius 2 is 1.70 bits per heavy atom. The molecule has 1 unspecified atom stereocenters. The first-order valence-corrected chi connectivity index (χ1v) is 10.1. The number of hydrogen-bond acceptors (Lipinski definition) is 6. The van der Waals surface area contributed by atoms with Gasteiger partial charge in [0, 0.05) is 16.6 Å². The number of H-pyrrole nitrogens is 1. The molecule has 4 rings (SSSR count). The molecule has 0 saturated heterocycles. The van der Waals surface area contributed by atoms with Crippen LogP contribution in [0, 0.1) is 6.92 Å². The lowest BCUT2D eigenvalue weighted by molar-refractivity contribution is -0.123. The number of fused-ring (bicyclic) bond motifs is 1. The number of nitrogens with zero attached hydrogens (tertiary/aromatic N) is 3. The molecule has 33 heavy (non-hydrogen) atoms. The van der Waals surface area contributed by atoms with E-state index in [4.69, 9.17) is 0 Å². The summed E-state index contributed by atoms with van der Waals surface area (Å²) in [6, 6.07) is 19.4. The number of carbonyl (C=O) groups is 2. The van der Waals surface area contributed by atoms with Gasteiger partial charge < -0.3 is 5.32 Å². The zero-order chi connectivity index (χ0) is 23.2. The highest BCUT2D eigenvalue weighted by atomic mass is 16.2. The van der Waals surface area contributed by atoms with Gasteiger partial charge in [-0.25, -0.2) is 10.5 Å². The molecule has 2 aromatic heterocycles. The Balaban J connectivity index is 1.67. The highest BCUT2D eigenvalue weighted by Gasteiger charge is 2.27. The van der Waals surface area contributed by atoms with Crippen molar-refractivity contribution in [3.63, 3.8) is 0 Å². The first kappa shape index (κ1) is 21.6. The van der Waals surface area contributed by atoms with Crippen LogP contribution in [0.3, 0.4) is 0 Å². The van der Waals surface area contributed by atoms with Crippen LogP contribution >= 0.6 is 0 Å². The molecule has 0 radical (unpaired) electrons. The van der Waals surface area contributed by atoms with Gasteiger partial charge in [-0.05, 0) is 37.3 Å². The third-order valence-electron chi connectivity index (χ3n) is 4.85. The van der Waals surface area contributed by atoms with E-state index in [1.807, 2.05) is 19.1 Å². The summed E-state index contributed by atoms with van der Waals surface area (Å²) in [4.78, 5) is 42.4. The van der Waals surface area contributed by atoms with Gasteiger partial charge in [-0.3, -0.25) is 19.4 Å². The van der Waals surface area contributed by atoms with E-state index in [2.05, 4.69) is 31.0 Å². The minimum absolute atomic E-state index is 0.191. The van der Waals surface area contributed by atoms with Crippen molar-refractivity contribution in [1.82, 2.24) is 25.9 Å². The zero-order valence-electron chi connectivity index (χ0n) is 17.6. The number of carbonyl (C=O) groups excluding carboxylic acids is 2. The second-order valence-electron chi connectivity index (χ2n) is 7.19. The maximum Gasteiger partial charge on any atom is 0.272 e. The van der Waals surface area contributed by atoms with Crippen LogP contribution in [0.1, 0.15) is 33.5 Å². The van der Waals surface area contributed by atoms with Crippen LogP contribution < -0.4 is 16.3 Å². The van der Waals surface area contributed by atoms with E-state index in [9.17, 15) is 14.4 Å². The van der Waals surface area contributed by atoms with E-state index in [1.54, 1.807) is 60.7 Å². The lowest BCUT2D eigenvalue weighted by atomic mass is 10.0. The van der Waals surface area contributed by atoms with Gasteiger partial charge in [-0.15, -0.1) is 0 Å². The van der Waals surface area contributed by atoms with E-state index in [0.29, 0.717) is 22.0 Å². The molecule has 0 bridgehead atoms. The number of benzene rings is 2. The molecule has 2 heterocycles. The summed E-state index contributed by atoms with van der Waals surface area (Å²) in [5.74, 6) is -1.11. The summed E-state index contributed by atoms with van der Waals surface area (Å²) >= 11 is 0. The Morgan fingerprint density at radius 1 is 0.970 bits per heavy atom. The maximum absolute atomic E-state index is 13.1. The first-order valence-electron chi connectivity index (χ1n) is 10.1. The lowest BCUT2D eigenvalue weighted by Gasteiger charge is -2.18. The molecule has 0 spiro atoms. The third-order valence-corrected chi connectivity index (χ3v) is 4.85. The van der Waals surface area contributed by atoms with Crippen molar-refractivity contribution in [3.8, 4) is 0 Å². The van der Waals surface area contributed by atoms with Crippen molar-refractivity contribution >= 4 is 28.8 Å². The largest absolute Gasteiger partial charge is 0.335 e. The fourth-order valence-corrected chi connectivity index (χ4v) is 3.28. The Kier molecular flexibility index (Phi) is 6.31. The predicted octanol–water partition coefficient (Wildman–Crippen LogP) is 2.25. The quantitative estimate of drug-likeness (QED) is 0.313. The van der Waals surface area contributed by atoms with E-state index in [0.717, 1.165) is 5.69 Å². The fraction of sp³-hybridized carbons (Fsp3) is 0.0833. The smallest absolute Gasteiger partial charge is 0.272 e. The maximum atomic E-state index is 13.1. The predicted molar refractivity (Wildman–Crippen MR) is 124 cm³/mol. The Labute approximate surface area is 188 Å². The summed E-state index contributed by atoms with van der Waals surface area (Å²) in [7, 11) is 0. The fourth-order valence-electron chi connectivity index (χ4n) is 3.28. The van der Waals surface area contributed by atoms with Crippen LogP contribution in [0.2, 0.25) is 0 Å². The van der Waals surface area contributed by atoms with Gasteiger partial charge in [0.05, 0.1) is 17.3 Å². The van der Waals surface area contributed by atoms with Crippen LogP contribution in [0.5, 0.6) is 0 Å². The summed E-state index contributed by atoms with van der Waals surface area (Å²) in [5, 5.41) is 13.9. The van der Waals surface area contributed by atoms with Crippen molar-refractivity contribution in [2.75, 3.05) is 0 Å². The monoisotopic (exact) mass is 440 g/mol. The average Bonchev–Trinajstić information content (AvgIpc) is 2.84. The standard InChI is InChI=1S/C24H20N6O3/c1-15-8-7-11-17(26-15)14-25-29-24(33)21(27-22(31)16-9-3-2-4-10-16)20-18-12-5-6-13-19(18)23(32)30-28-20/h2-14,21H,1H3,(H,27,31)(H,29,33)(H,30,32)/b25-14+. The Bertz CT molecular complexity index is 1400. The molecule has 4 aromatic rings. The van der Waals surface area contributed by atoms with Gasteiger partial charge >= 0.3 is 0 Å². The molecule has 9 nitrogen and oxygen atoms in total. The average molecular weight is 440 g/mol. The van der Waals surface area contributed by atoms with E-state index < -0.39 is 23.4 Å². The van der Waals surface area contributed by atoms with Crippen molar-refractivity contribution < 1.29 is 9.59 Å². The van der Waals surface area contributed by atoms with Crippen LogP contribution in [0.25, 0.3) is 10.8 Å². The highest BCUT2D eigenvalue weighted by Crippen LogP contribution is 2.20. The second kappa shape index (κ2) is 9.65. The third kappa shape index (κ3) is 4.99. The normalized spacial score (nSPS) is 11.9. The van der Waals surface area contributed by atoms with Gasteiger partial charge in [0.25, 0.3) is 17.4 Å². The van der Waals surface area contributed by atoms with Crippen molar-refractivity contribution in [3.05, 3.63) is 106 Å². The van der Waals surface area contributed by atoms with Gasteiger partial charge in [-0.2, -0.15) is 10.2 Å². The van der Waals surface area contributed by atoms with Gasteiger partial charge in [-0.1, -0.05) is 42.5 Å². The molecule has 1 atom stereocenters. The van der Waals surface area contributed by atoms with Crippen molar-refractivity contribution in [2.24, 2.45) is 5.10 Å². The number of pyridine rings is 1. The number of rotatable bonds is 6. The minimum atomic E-state index is -1.22. The molecule has 0 aliphatic rings. The molecule has 3 N–H and O–H groups in total. The van der Waals surface area contributed by atoms with Crippen LogP contribution in [-0.4, -0.2) is 33.2 Å². The van der Waals surface area contributed by atoms with Crippen LogP contribution in [-0.2, 0) is 4.79 Å². The molecular formula is C24H20N6O3. The number of nitrogens with one attached hydrogen (secondary N) is 3. The molecule has 0 saturated carbocycles. The molecule has 0 fully saturated rings. The number of aromatic amines is 1. The zero-order valence-corrected chi connectivity index (χ0v) is 17.6. The van der Waals surface area contributed by atoms with E-state index in [1.165, 1.54) is 6.21 Å². The molecule has 2 aromatic carbocycles. The molecule has 0 aliphatic heterocycles. The van der Waals surface area contributed by atoms with Crippen LogP contribution in [0.15, 0.2) is 82.7 Å². The Morgan fingerprint density at radius 3 is 2.45 bits per heavy atom. The molecule has 164 valence electrons. The number of amides is 2. The Hall–Kier alpha value is -4.66. The number of hydrazone groups is 1. The number of hydrogen-bond donors (Lipinski definition) is 3. The summed E-state index contributed by atoms with van der Waals surface area (Å²) in [6.07, 6.45) is 1.40. The van der Waals surface area contributed by atoms with Gasteiger partial charge in [0.2, 0.25) is 0 Å². The van der Waals surface area contributed by atoms with E-state index in [-0.39, 0.29) is 5.69 Å². The first-order chi connectivity index (χ1) is 16.0. The SMILES string of the molecule is Cc1cccc(/C=N/NC(=O)C(NC(=O)c2ccccc2)c2n[nH]c(=O)c3ccccc23)n1. The van der Waals surface area contributed by atoms with Gasteiger partial charge in [0.1, 0.15) is 5.69 Å². The van der Waals surface area contributed by atoms with E-state index >= 15 is 0 Å². The van der Waals surface area contributed by atoms with Crippen LogP contribution in [0.4, 0.5) is 0 Å². The lowest BCUT2D eigenvalue weighted by Crippen LogP contribution is -2.40. The molecule has 0 aliphatic carbocycles. The van der Waals surface area contributed by atoms with Gasteiger partial charge in [0.15, 0.2) is 6.04 Å². The summed E-state index contributed by atoms with van der Waals surface area (Å²) < 4.78 is 0. The molecule has 9 heteroatoms. The number of aromatic nitrogens is 3. The van der Waals surface area contributed by atoms with Crippen molar-refractivity contribution in [2.45, 2.75) is 13.0 Å². The second-order valence-corrected chi connectivity index (χ2v) is 7.19. The minimum Gasteiger partial charge on any atom is -0.335 e. The molecule has 2 amide bonds. The molecular weight excluding hydrogens is 420 g/mol. The summed E-state index contributed by atoms with van der Waals surface area (Å²) in [5.41, 5.74) is 3.96. The highest BCUT2D eigenvalue weighted by molar-refractivity contribution is 5.99. The summed E-state index contributed by atoms with van der Waals surface area (Å²) in [6.45, 7) is 1.85. The van der Waals surface area contributed by atoms with Crippen molar-refractivity contribution in [1.29, 1.82) is 0 Å². The number of aryl methyl sites for hydroxylation is 1.